The first-order valence-electron chi connectivity index (χ1n) is 4.22. The molecule has 0 spiro atoms. The Morgan fingerprint density at radius 3 is 3.15 bits per heavy atom. The summed E-state index contributed by atoms with van der Waals surface area (Å²) < 4.78 is 0. The Morgan fingerprint density at radius 2 is 2.15 bits per heavy atom. The van der Waals surface area contributed by atoms with Crippen LogP contribution < -0.4 is 0 Å². The smallest absolute Gasteiger partial charge is 0.144 e. The van der Waals surface area contributed by atoms with E-state index in [1.807, 2.05) is 29.6 Å². The van der Waals surface area contributed by atoms with Crippen LogP contribution in [0.1, 0.15) is 0 Å². The molecule has 3 aliphatic rings. The fourth-order valence-corrected chi connectivity index (χ4v) is 1.61. The summed E-state index contributed by atoms with van der Waals surface area (Å²) >= 11 is 0. The van der Waals surface area contributed by atoms with Gasteiger partial charge in [-0.25, -0.2) is 5.01 Å². The van der Waals surface area contributed by atoms with E-state index in [1.54, 1.807) is 5.12 Å². The van der Waals surface area contributed by atoms with Gasteiger partial charge in [-0.15, -0.1) is 0 Å². The maximum Gasteiger partial charge on any atom is 0.144 e. The lowest BCUT2D eigenvalue weighted by molar-refractivity contribution is -0.0749. The van der Waals surface area contributed by atoms with Gasteiger partial charge in [-0.05, 0) is 28.7 Å². The number of nitrogens with zero attached hydrogens (tertiary/aromatic N) is 5. The van der Waals surface area contributed by atoms with E-state index in [2.05, 4.69) is 27.6 Å². The molecule has 0 aliphatic carbocycles. The minimum Gasteiger partial charge on any atom is -0.230 e. The third kappa shape index (κ3) is 0.905. The Morgan fingerprint density at radius 1 is 1.15 bits per heavy atom. The zero-order valence-electron chi connectivity index (χ0n) is 6.98. The molecule has 13 heavy (non-hydrogen) atoms. The summed E-state index contributed by atoms with van der Waals surface area (Å²) in [7, 11) is 0. The Bertz CT molecular complexity index is 329. The van der Waals surface area contributed by atoms with E-state index in [4.69, 9.17) is 0 Å². The van der Waals surface area contributed by atoms with Gasteiger partial charge in [0.15, 0.2) is 0 Å². The van der Waals surface area contributed by atoms with Crippen LogP contribution in [0.3, 0.4) is 0 Å². The quantitative estimate of drug-likeness (QED) is 0.551. The predicted molar refractivity (Wildman–Crippen MR) is 46.4 cm³/mol. The first kappa shape index (κ1) is 6.85. The average molecular weight is 175 g/mol. The first-order chi connectivity index (χ1) is 6.45. The van der Waals surface area contributed by atoms with E-state index in [-0.39, 0.29) is 6.17 Å². The van der Waals surface area contributed by atoms with E-state index in [9.17, 15) is 0 Å². The second-order valence-corrected chi connectivity index (χ2v) is 3.03. The molecular weight excluding hydrogens is 166 g/mol. The van der Waals surface area contributed by atoms with Crippen LogP contribution in [0.2, 0.25) is 0 Å². The summed E-state index contributed by atoms with van der Waals surface area (Å²) in [5.41, 5.74) is 0. The van der Waals surface area contributed by atoms with Crippen LogP contribution in [-0.2, 0) is 0 Å². The molecule has 0 aromatic heterocycles. The molecule has 66 valence electrons. The van der Waals surface area contributed by atoms with Crippen LogP contribution in [0, 0.1) is 0 Å². The van der Waals surface area contributed by atoms with Gasteiger partial charge in [-0.1, -0.05) is 6.08 Å². The molecule has 0 aromatic carbocycles. The Balaban J connectivity index is 1.96. The molecule has 0 saturated heterocycles. The van der Waals surface area contributed by atoms with Gasteiger partial charge in [0.1, 0.15) is 6.17 Å². The molecule has 1 atom stereocenters. The SMILES string of the molecule is C1=CC2N(C=C1)N=NN1C=CCN21. The average Bonchev–Trinajstić information content (AvgIpc) is 2.65. The molecule has 3 heterocycles. The van der Waals surface area contributed by atoms with Crippen LogP contribution in [0.4, 0.5) is 0 Å². The molecule has 0 saturated carbocycles. The zero-order valence-corrected chi connectivity index (χ0v) is 6.98. The van der Waals surface area contributed by atoms with Crippen molar-refractivity contribution in [3.05, 3.63) is 36.7 Å². The normalized spacial score (nSPS) is 29.7. The van der Waals surface area contributed by atoms with Crippen molar-refractivity contribution in [3.8, 4) is 0 Å². The monoisotopic (exact) mass is 175 g/mol. The number of hydrogen-bond acceptors (Lipinski definition) is 5. The molecule has 0 fully saturated rings. The summed E-state index contributed by atoms with van der Waals surface area (Å²) in [5.74, 6) is 0. The van der Waals surface area contributed by atoms with Crippen molar-refractivity contribution in [1.82, 2.24) is 15.1 Å². The van der Waals surface area contributed by atoms with E-state index in [0.29, 0.717) is 0 Å². The predicted octanol–water partition coefficient (Wildman–Crippen LogP) is 1.04. The molecule has 5 heteroatoms. The van der Waals surface area contributed by atoms with Gasteiger partial charge >= 0.3 is 0 Å². The van der Waals surface area contributed by atoms with Crippen LogP contribution in [0.5, 0.6) is 0 Å². The molecule has 1 unspecified atom stereocenters. The third-order valence-electron chi connectivity index (χ3n) is 2.24. The third-order valence-corrected chi connectivity index (χ3v) is 2.24. The van der Waals surface area contributed by atoms with Crippen molar-refractivity contribution in [1.29, 1.82) is 0 Å². The highest BCUT2D eigenvalue weighted by molar-refractivity contribution is 5.13. The fraction of sp³-hybridized carbons (Fsp3) is 0.250. The summed E-state index contributed by atoms with van der Waals surface area (Å²) in [5, 5.41) is 13.8. The summed E-state index contributed by atoms with van der Waals surface area (Å²) in [6.07, 6.45) is 12.2. The van der Waals surface area contributed by atoms with Crippen LogP contribution in [0.15, 0.2) is 47.2 Å². The van der Waals surface area contributed by atoms with Crippen LogP contribution in [-0.4, -0.2) is 27.8 Å². The first-order valence-corrected chi connectivity index (χ1v) is 4.22. The lowest BCUT2D eigenvalue weighted by Crippen LogP contribution is -2.49. The summed E-state index contributed by atoms with van der Waals surface area (Å²) in [4.78, 5) is 0. The van der Waals surface area contributed by atoms with E-state index >= 15 is 0 Å². The largest absolute Gasteiger partial charge is 0.230 e. The fourth-order valence-electron chi connectivity index (χ4n) is 1.61. The maximum absolute atomic E-state index is 4.05. The number of hydrogen-bond donors (Lipinski definition) is 0. The lowest BCUT2D eigenvalue weighted by Gasteiger charge is -2.38. The van der Waals surface area contributed by atoms with Gasteiger partial charge in [-0.2, -0.15) is 10.1 Å². The van der Waals surface area contributed by atoms with Crippen molar-refractivity contribution in [2.24, 2.45) is 10.4 Å². The van der Waals surface area contributed by atoms with Crippen LogP contribution in [0.25, 0.3) is 0 Å². The highest BCUT2D eigenvalue weighted by Gasteiger charge is 2.31. The van der Waals surface area contributed by atoms with Crippen molar-refractivity contribution in [2.75, 3.05) is 6.54 Å². The molecule has 0 bridgehead atoms. The van der Waals surface area contributed by atoms with Gasteiger partial charge in [0, 0.05) is 18.9 Å². The Kier molecular flexibility index (Phi) is 1.28. The van der Waals surface area contributed by atoms with Gasteiger partial charge in [-0.3, -0.25) is 0 Å². The van der Waals surface area contributed by atoms with E-state index in [1.165, 1.54) is 0 Å². The topological polar surface area (TPSA) is 34.4 Å². The van der Waals surface area contributed by atoms with Gasteiger partial charge in [0.05, 0.1) is 0 Å². The highest BCUT2D eigenvalue weighted by atomic mass is 15.9. The van der Waals surface area contributed by atoms with Gasteiger partial charge < -0.3 is 0 Å². The molecule has 0 N–H and O–H groups in total. The van der Waals surface area contributed by atoms with Crippen LogP contribution >= 0.6 is 0 Å². The molecular formula is C8H9N5. The second kappa shape index (κ2) is 2.43. The molecule has 3 aliphatic heterocycles. The zero-order chi connectivity index (χ0) is 8.67. The number of fused-ring (bicyclic) bond motifs is 3. The molecule has 3 rings (SSSR count). The number of hydrazine groups is 1. The minimum absolute atomic E-state index is 0.178. The van der Waals surface area contributed by atoms with E-state index in [0.717, 1.165) is 6.54 Å². The summed E-state index contributed by atoms with van der Waals surface area (Å²) in [6, 6.07) is 0. The molecule has 5 nitrogen and oxygen atoms in total. The highest BCUT2D eigenvalue weighted by Crippen LogP contribution is 2.24. The van der Waals surface area contributed by atoms with Crippen molar-refractivity contribution in [3.63, 3.8) is 0 Å². The lowest BCUT2D eigenvalue weighted by atomic mass is 10.3. The molecule has 0 aromatic rings. The van der Waals surface area contributed by atoms with E-state index < -0.39 is 0 Å². The second-order valence-electron chi connectivity index (χ2n) is 3.03. The summed E-state index contributed by atoms with van der Waals surface area (Å²) in [6.45, 7) is 0.887. The maximum atomic E-state index is 4.05. The number of allylic oxidation sites excluding steroid dienone is 2. The number of rotatable bonds is 0. The van der Waals surface area contributed by atoms with Gasteiger partial charge in [0.2, 0.25) is 0 Å². The molecule has 0 radical (unpaired) electrons. The van der Waals surface area contributed by atoms with Crippen molar-refractivity contribution >= 4 is 0 Å². The van der Waals surface area contributed by atoms with Gasteiger partial charge in [0.25, 0.3) is 0 Å². The van der Waals surface area contributed by atoms with Crippen molar-refractivity contribution in [2.45, 2.75) is 6.17 Å². The Hall–Kier alpha value is -1.62. The van der Waals surface area contributed by atoms with Crippen molar-refractivity contribution < 1.29 is 0 Å². The Labute approximate surface area is 75.8 Å². The standard InChI is InChI=1S/C8H9N5/c1-2-5-11-8(4-1)12-6-3-7-13(12)10-9-11/h1-5,7-8H,6H2. The minimum atomic E-state index is 0.178. The molecule has 0 amide bonds.